The van der Waals surface area contributed by atoms with E-state index in [1.807, 2.05) is 30.3 Å². The number of carbonyl (C=O) groups excluding carboxylic acids is 4. The Labute approximate surface area is 207 Å². The zero-order chi connectivity index (χ0) is 25.7. The molecule has 1 rings (SSSR count). The third-order valence-electron chi connectivity index (χ3n) is 4.71. The van der Waals surface area contributed by atoms with E-state index in [0.717, 1.165) is 5.56 Å². The van der Waals surface area contributed by atoms with E-state index < -0.39 is 60.2 Å². The fourth-order valence-corrected chi connectivity index (χ4v) is 3.61. The minimum absolute atomic E-state index is 0.119. The molecule has 188 valence electrons. The van der Waals surface area contributed by atoms with Crippen LogP contribution in [0.5, 0.6) is 0 Å². The van der Waals surface area contributed by atoms with Gasteiger partial charge in [0.15, 0.2) is 0 Å². The first-order valence-corrected chi connectivity index (χ1v) is 12.4. The van der Waals surface area contributed by atoms with Crippen molar-refractivity contribution in [1.29, 1.82) is 0 Å². The maximum atomic E-state index is 12.7. The van der Waals surface area contributed by atoms with Crippen LogP contribution in [-0.2, 0) is 30.4 Å². The van der Waals surface area contributed by atoms with E-state index >= 15 is 0 Å². The van der Waals surface area contributed by atoms with Crippen LogP contribution < -0.4 is 27.4 Å². The Balaban J connectivity index is 2.82. The Morgan fingerprint density at radius 1 is 0.971 bits per heavy atom. The van der Waals surface area contributed by atoms with Crippen LogP contribution in [0.1, 0.15) is 18.4 Å². The third kappa shape index (κ3) is 10.4. The maximum Gasteiger partial charge on any atom is 0.326 e. The number of carbonyl (C=O) groups is 5. The van der Waals surface area contributed by atoms with Gasteiger partial charge in [0, 0.05) is 5.75 Å². The van der Waals surface area contributed by atoms with E-state index in [1.165, 1.54) is 11.8 Å². The van der Waals surface area contributed by atoms with Gasteiger partial charge in [0.05, 0.1) is 12.5 Å². The summed E-state index contributed by atoms with van der Waals surface area (Å²) in [6.07, 6.45) is 1.61. The molecule has 0 radical (unpaired) electrons. The molecule has 8 N–H and O–H groups in total. The van der Waals surface area contributed by atoms with Crippen LogP contribution in [-0.4, -0.2) is 76.6 Å². The smallest absolute Gasteiger partial charge is 0.326 e. The van der Waals surface area contributed by atoms with Crippen LogP contribution in [0.2, 0.25) is 0 Å². The monoisotopic (exact) mass is 513 g/mol. The number of thiol groups is 1. The molecule has 4 amide bonds. The van der Waals surface area contributed by atoms with E-state index in [1.54, 1.807) is 6.26 Å². The minimum atomic E-state index is -1.43. The van der Waals surface area contributed by atoms with E-state index in [9.17, 15) is 29.1 Å². The van der Waals surface area contributed by atoms with Gasteiger partial charge in [-0.15, -0.1) is 0 Å². The Hall–Kier alpha value is -2.77. The number of carboxylic acids is 1. The number of amides is 4. The molecule has 0 aliphatic rings. The molecule has 1 aromatic rings. The molecule has 13 heteroatoms. The quantitative estimate of drug-likeness (QED) is 0.140. The summed E-state index contributed by atoms with van der Waals surface area (Å²) in [6, 6.07) is 4.34. The van der Waals surface area contributed by atoms with Gasteiger partial charge in [-0.25, -0.2) is 4.79 Å². The Bertz CT molecular complexity index is 857. The van der Waals surface area contributed by atoms with Gasteiger partial charge in [-0.3, -0.25) is 19.2 Å². The molecule has 0 aliphatic heterocycles. The van der Waals surface area contributed by atoms with Gasteiger partial charge >= 0.3 is 5.97 Å². The Kier molecular flexibility index (Phi) is 13.1. The zero-order valence-electron chi connectivity index (χ0n) is 18.7. The van der Waals surface area contributed by atoms with Crippen LogP contribution in [0.4, 0.5) is 0 Å². The second kappa shape index (κ2) is 15.2. The number of rotatable bonds is 15. The van der Waals surface area contributed by atoms with Crippen LogP contribution in [0, 0.1) is 0 Å². The molecule has 34 heavy (non-hydrogen) atoms. The standard InChI is InChI=1S/C21H31N5O6S2/c1-34-8-7-14(21(31)32)24-19(29)15(10-17(23)27)25-20(30)16(11-33)26-18(28)13(22)9-12-5-3-2-4-6-12/h2-6,13-16,33H,7-11,22H2,1H3,(H2,23,27)(H,24,29)(H,25,30)(H,26,28)(H,31,32). The van der Waals surface area contributed by atoms with Gasteiger partial charge in [0.25, 0.3) is 0 Å². The largest absolute Gasteiger partial charge is 0.480 e. The molecule has 0 aromatic heterocycles. The average molecular weight is 514 g/mol. The normalized spacial score (nSPS) is 14.2. The lowest BCUT2D eigenvalue weighted by Crippen LogP contribution is -2.58. The summed E-state index contributed by atoms with van der Waals surface area (Å²) in [5, 5.41) is 16.4. The van der Waals surface area contributed by atoms with Gasteiger partial charge < -0.3 is 32.5 Å². The Morgan fingerprint density at radius 2 is 1.53 bits per heavy atom. The molecule has 1 aromatic carbocycles. The van der Waals surface area contributed by atoms with Gasteiger partial charge in [0.2, 0.25) is 23.6 Å². The molecule has 0 bridgehead atoms. The lowest BCUT2D eigenvalue weighted by molar-refractivity contribution is -0.142. The highest BCUT2D eigenvalue weighted by Crippen LogP contribution is 2.05. The van der Waals surface area contributed by atoms with Crippen molar-refractivity contribution >= 4 is 54.0 Å². The first-order valence-electron chi connectivity index (χ1n) is 10.4. The van der Waals surface area contributed by atoms with Crippen molar-refractivity contribution in [2.45, 2.75) is 43.4 Å². The topological polar surface area (TPSA) is 194 Å². The summed E-state index contributed by atoms with van der Waals surface area (Å²) in [5.41, 5.74) is 12.0. The first-order chi connectivity index (χ1) is 16.1. The minimum Gasteiger partial charge on any atom is -0.480 e. The SMILES string of the molecule is CSCCC(NC(=O)C(CC(N)=O)NC(=O)C(CS)NC(=O)C(N)Cc1ccccc1)C(=O)O. The van der Waals surface area contributed by atoms with Crippen molar-refractivity contribution in [3.8, 4) is 0 Å². The van der Waals surface area contributed by atoms with Gasteiger partial charge in [-0.1, -0.05) is 30.3 Å². The number of nitrogens with two attached hydrogens (primary N) is 2. The van der Waals surface area contributed by atoms with Crippen molar-refractivity contribution in [3.05, 3.63) is 35.9 Å². The molecule has 0 aliphatic carbocycles. The number of primary amides is 1. The van der Waals surface area contributed by atoms with Crippen molar-refractivity contribution in [1.82, 2.24) is 16.0 Å². The highest BCUT2D eigenvalue weighted by atomic mass is 32.2. The highest BCUT2D eigenvalue weighted by molar-refractivity contribution is 7.98. The molecular formula is C21H31N5O6S2. The molecule has 0 heterocycles. The maximum absolute atomic E-state index is 12.7. The molecule has 4 atom stereocenters. The van der Waals surface area contributed by atoms with Crippen molar-refractivity contribution in [3.63, 3.8) is 0 Å². The zero-order valence-corrected chi connectivity index (χ0v) is 20.4. The molecule has 4 unspecified atom stereocenters. The van der Waals surface area contributed by atoms with Crippen LogP contribution in [0.15, 0.2) is 30.3 Å². The highest BCUT2D eigenvalue weighted by Gasteiger charge is 2.30. The van der Waals surface area contributed by atoms with E-state index in [2.05, 4.69) is 28.6 Å². The number of hydrogen-bond donors (Lipinski definition) is 7. The molecule has 0 spiro atoms. The number of aliphatic carboxylic acids is 1. The number of carboxylic acid groups (broad SMARTS) is 1. The lowest BCUT2D eigenvalue weighted by Gasteiger charge is -2.24. The van der Waals surface area contributed by atoms with Crippen molar-refractivity contribution in [2.24, 2.45) is 11.5 Å². The summed E-state index contributed by atoms with van der Waals surface area (Å²) >= 11 is 5.48. The molecule has 0 fully saturated rings. The third-order valence-corrected chi connectivity index (χ3v) is 5.72. The van der Waals surface area contributed by atoms with Crippen LogP contribution in [0.3, 0.4) is 0 Å². The summed E-state index contributed by atoms with van der Waals surface area (Å²) in [6.45, 7) is 0. The molecular weight excluding hydrogens is 482 g/mol. The van der Waals surface area contributed by atoms with Crippen LogP contribution in [0.25, 0.3) is 0 Å². The number of benzene rings is 1. The van der Waals surface area contributed by atoms with E-state index in [4.69, 9.17) is 11.5 Å². The molecule has 0 saturated carbocycles. The average Bonchev–Trinajstić information content (AvgIpc) is 2.79. The summed E-state index contributed by atoms with van der Waals surface area (Å²) in [7, 11) is 0. The molecule has 0 saturated heterocycles. The fraction of sp³-hybridized carbons (Fsp3) is 0.476. The van der Waals surface area contributed by atoms with Gasteiger partial charge in [-0.2, -0.15) is 24.4 Å². The van der Waals surface area contributed by atoms with Crippen LogP contribution >= 0.6 is 24.4 Å². The number of nitrogens with one attached hydrogen (secondary N) is 3. The molecule has 11 nitrogen and oxygen atoms in total. The first kappa shape index (κ1) is 29.3. The number of thioether (sulfide) groups is 1. The summed E-state index contributed by atoms with van der Waals surface area (Å²) < 4.78 is 0. The summed E-state index contributed by atoms with van der Waals surface area (Å²) in [5.74, 6) is -4.06. The van der Waals surface area contributed by atoms with Gasteiger partial charge in [0.1, 0.15) is 18.1 Å². The predicted molar refractivity (Wildman–Crippen MR) is 132 cm³/mol. The summed E-state index contributed by atoms with van der Waals surface area (Å²) in [4.78, 5) is 60.6. The lowest BCUT2D eigenvalue weighted by atomic mass is 10.1. The van der Waals surface area contributed by atoms with Crippen molar-refractivity contribution in [2.75, 3.05) is 17.8 Å². The van der Waals surface area contributed by atoms with Gasteiger partial charge in [-0.05, 0) is 30.4 Å². The second-order valence-corrected chi connectivity index (χ2v) is 8.80. The fourth-order valence-electron chi connectivity index (χ4n) is 2.88. The van der Waals surface area contributed by atoms with Crippen molar-refractivity contribution < 1.29 is 29.1 Å². The van der Waals surface area contributed by atoms with E-state index in [-0.39, 0.29) is 18.6 Å². The number of hydrogen-bond acceptors (Lipinski definition) is 8. The second-order valence-electron chi connectivity index (χ2n) is 7.45. The van der Waals surface area contributed by atoms with E-state index in [0.29, 0.717) is 5.75 Å². The predicted octanol–water partition coefficient (Wildman–Crippen LogP) is -1.35. The Morgan fingerprint density at radius 3 is 2.06 bits per heavy atom.